The summed E-state index contributed by atoms with van der Waals surface area (Å²) in [6.45, 7) is 0. The minimum absolute atomic E-state index is 0.0822. The van der Waals surface area contributed by atoms with Crippen LogP contribution in [0.2, 0.25) is 0 Å². The van der Waals surface area contributed by atoms with E-state index in [2.05, 4.69) is 4.74 Å². The summed E-state index contributed by atoms with van der Waals surface area (Å²) < 4.78 is 5.96. The molecule has 0 atom stereocenters. The third-order valence-corrected chi connectivity index (χ3v) is 4.37. The molecular weight excluding hydrogens is 307 g/mol. The standard InChI is InChI=1S/C15H18O3Se/c1-18-14(16)11-7-2-3-8-12-15(17)19-13-9-5-4-6-10-13/h2-6,9-10H,7-8,11-12H2,1H3/b3-2+. The zero-order valence-electron chi connectivity index (χ0n) is 11.0. The second-order valence-electron chi connectivity index (χ2n) is 3.91. The van der Waals surface area contributed by atoms with Crippen molar-refractivity contribution in [2.24, 2.45) is 0 Å². The van der Waals surface area contributed by atoms with Crippen LogP contribution in [0.5, 0.6) is 0 Å². The maximum absolute atomic E-state index is 11.7. The fraction of sp³-hybridized carbons (Fsp3) is 0.333. The molecule has 102 valence electrons. The Balaban J connectivity index is 2.14. The van der Waals surface area contributed by atoms with Gasteiger partial charge in [-0.25, -0.2) is 0 Å². The van der Waals surface area contributed by atoms with E-state index >= 15 is 0 Å². The molecule has 0 aromatic heterocycles. The molecule has 0 fully saturated rings. The first-order chi connectivity index (χ1) is 9.22. The van der Waals surface area contributed by atoms with Crippen LogP contribution in [0.1, 0.15) is 25.7 Å². The Hall–Kier alpha value is -1.38. The molecule has 0 bridgehead atoms. The summed E-state index contributed by atoms with van der Waals surface area (Å²) in [4.78, 5) is 22.6. The second kappa shape index (κ2) is 9.54. The summed E-state index contributed by atoms with van der Waals surface area (Å²) in [5.74, 6) is -0.201. The molecule has 0 spiro atoms. The summed E-state index contributed by atoms with van der Waals surface area (Å²) in [7, 11) is 1.39. The van der Waals surface area contributed by atoms with Crippen molar-refractivity contribution in [1.82, 2.24) is 0 Å². The van der Waals surface area contributed by atoms with Gasteiger partial charge in [-0.2, -0.15) is 0 Å². The number of allylic oxidation sites excluding steroid dienone is 2. The van der Waals surface area contributed by atoms with E-state index in [0.29, 0.717) is 23.9 Å². The van der Waals surface area contributed by atoms with Crippen LogP contribution < -0.4 is 4.46 Å². The zero-order valence-corrected chi connectivity index (χ0v) is 12.7. The molecule has 0 saturated carbocycles. The molecule has 3 nitrogen and oxygen atoms in total. The molecule has 0 radical (unpaired) electrons. The van der Waals surface area contributed by atoms with Crippen LogP contribution in [0.25, 0.3) is 0 Å². The van der Waals surface area contributed by atoms with E-state index in [1.807, 2.05) is 42.5 Å². The molecule has 0 saturated heterocycles. The molecule has 1 aromatic rings. The van der Waals surface area contributed by atoms with Gasteiger partial charge >= 0.3 is 120 Å². The van der Waals surface area contributed by atoms with E-state index in [1.165, 1.54) is 7.11 Å². The first-order valence-electron chi connectivity index (χ1n) is 6.20. The van der Waals surface area contributed by atoms with Gasteiger partial charge in [0.1, 0.15) is 0 Å². The monoisotopic (exact) mass is 326 g/mol. The number of methoxy groups -OCH3 is 1. The summed E-state index contributed by atoms with van der Waals surface area (Å²) in [5, 5.41) is 0. The van der Waals surface area contributed by atoms with E-state index in [0.717, 1.165) is 10.9 Å². The van der Waals surface area contributed by atoms with Gasteiger partial charge in [-0.05, 0) is 0 Å². The number of hydrogen-bond donors (Lipinski definition) is 0. The van der Waals surface area contributed by atoms with Gasteiger partial charge < -0.3 is 0 Å². The van der Waals surface area contributed by atoms with Gasteiger partial charge in [0.2, 0.25) is 0 Å². The van der Waals surface area contributed by atoms with Crippen LogP contribution in [0.3, 0.4) is 0 Å². The third-order valence-electron chi connectivity index (χ3n) is 2.40. The number of carbonyl (C=O) groups is 2. The number of ether oxygens (including phenoxy) is 1. The number of benzene rings is 1. The fourth-order valence-corrected chi connectivity index (χ4v) is 3.04. The molecule has 1 aromatic carbocycles. The van der Waals surface area contributed by atoms with Crippen LogP contribution in [-0.2, 0) is 14.3 Å². The molecule has 19 heavy (non-hydrogen) atoms. The number of esters is 1. The summed E-state index contributed by atoms with van der Waals surface area (Å²) in [5.41, 5.74) is 0. The Kier molecular flexibility index (Phi) is 7.87. The molecule has 4 heteroatoms. The van der Waals surface area contributed by atoms with Crippen LogP contribution in [0.15, 0.2) is 42.5 Å². The quantitative estimate of drug-likeness (QED) is 0.416. The van der Waals surface area contributed by atoms with Crippen molar-refractivity contribution in [1.29, 1.82) is 0 Å². The predicted octanol–water partition coefficient (Wildman–Crippen LogP) is 1.83. The molecule has 0 N–H and O–H groups in total. The predicted molar refractivity (Wildman–Crippen MR) is 76.5 cm³/mol. The topological polar surface area (TPSA) is 43.4 Å². The average Bonchev–Trinajstić information content (AvgIpc) is 2.43. The van der Waals surface area contributed by atoms with Gasteiger partial charge in [-0.3, -0.25) is 0 Å². The van der Waals surface area contributed by atoms with Gasteiger partial charge in [-0.15, -0.1) is 0 Å². The van der Waals surface area contributed by atoms with Gasteiger partial charge in [0.05, 0.1) is 0 Å². The van der Waals surface area contributed by atoms with Crippen LogP contribution >= 0.6 is 0 Å². The number of hydrogen-bond acceptors (Lipinski definition) is 3. The van der Waals surface area contributed by atoms with Gasteiger partial charge in [0, 0.05) is 0 Å². The first kappa shape index (κ1) is 15.7. The van der Waals surface area contributed by atoms with Crippen molar-refractivity contribution < 1.29 is 14.3 Å². The molecule has 0 aliphatic carbocycles. The van der Waals surface area contributed by atoms with Crippen molar-refractivity contribution in [3.8, 4) is 0 Å². The van der Waals surface area contributed by atoms with Gasteiger partial charge in [0.15, 0.2) is 0 Å². The van der Waals surface area contributed by atoms with Crippen molar-refractivity contribution in [3.63, 3.8) is 0 Å². The van der Waals surface area contributed by atoms with E-state index in [9.17, 15) is 9.59 Å². The Bertz CT molecular complexity index is 426. The molecule has 0 amide bonds. The molecular formula is C15H18O3Se. The molecule has 0 unspecified atom stereocenters. The van der Waals surface area contributed by atoms with E-state index in [-0.39, 0.29) is 20.9 Å². The van der Waals surface area contributed by atoms with E-state index < -0.39 is 0 Å². The Morgan fingerprint density at radius 1 is 1.11 bits per heavy atom. The maximum atomic E-state index is 11.7. The second-order valence-corrected chi connectivity index (χ2v) is 6.28. The Labute approximate surface area is 120 Å². The summed E-state index contributed by atoms with van der Waals surface area (Å²) in [6, 6.07) is 9.84. The van der Waals surface area contributed by atoms with E-state index in [1.54, 1.807) is 0 Å². The first-order valence-corrected chi connectivity index (χ1v) is 7.91. The molecule has 1 rings (SSSR count). The van der Waals surface area contributed by atoms with Gasteiger partial charge in [-0.1, -0.05) is 0 Å². The summed E-state index contributed by atoms with van der Waals surface area (Å²) >= 11 is -0.0822. The van der Waals surface area contributed by atoms with Crippen LogP contribution in [-0.4, -0.2) is 32.7 Å². The summed E-state index contributed by atoms with van der Waals surface area (Å²) in [6.07, 6.45) is 6.28. The average molecular weight is 325 g/mol. The zero-order chi connectivity index (χ0) is 13.9. The molecule has 0 aliphatic rings. The van der Waals surface area contributed by atoms with E-state index in [4.69, 9.17) is 0 Å². The van der Waals surface area contributed by atoms with Crippen LogP contribution in [0, 0.1) is 0 Å². The number of rotatable bonds is 8. The Morgan fingerprint density at radius 3 is 2.37 bits per heavy atom. The normalized spacial score (nSPS) is 10.6. The van der Waals surface area contributed by atoms with Crippen molar-refractivity contribution >= 4 is 30.1 Å². The number of carbonyl (C=O) groups excluding carboxylic acids is 2. The van der Waals surface area contributed by atoms with Gasteiger partial charge in [0.25, 0.3) is 0 Å². The third kappa shape index (κ3) is 7.60. The molecule has 0 aliphatic heterocycles. The molecule has 0 heterocycles. The van der Waals surface area contributed by atoms with Crippen molar-refractivity contribution in [3.05, 3.63) is 42.5 Å². The minimum atomic E-state index is -0.201. The van der Waals surface area contributed by atoms with Crippen LogP contribution in [0.4, 0.5) is 0 Å². The SMILES string of the molecule is COC(=O)CC/C=C/CCC(=O)[Se]c1ccccc1. The van der Waals surface area contributed by atoms with Crippen molar-refractivity contribution in [2.75, 3.05) is 7.11 Å². The Morgan fingerprint density at radius 2 is 1.74 bits per heavy atom. The fourth-order valence-electron chi connectivity index (χ4n) is 1.41. The van der Waals surface area contributed by atoms with Crippen molar-refractivity contribution in [2.45, 2.75) is 25.7 Å².